The van der Waals surface area contributed by atoms with Gasteiger partial charge >= 0.3 is 0 Å². The fourth-order valence-electron chi connectivity index (χ4n) is 6.49. The van der Waals surface area contributed by atoms with E-state index in [1.165, 1.54) is 42.7 Å². The third kappa shape index (κ3) is 3.59. The molecule has 4 bridgehead atoms. The lowest BCUT2D eigenvalue weighted by atomic mass is 9.49. The van der Waals surface area contributed by atoms with Crippen LogP contribution >= 0.6 is 11.3 Å². The van der Waals surface area contributed by atoms with Crippen LogP contribution < -0.4 is 4.90 Å². The van der Waals surface area contributed by atoms with E-state index in [9.17, 15) is 9.18 Å². The lowest BCUT2D eigenvalue weighted by Gasteiger charge is -2.56. The van der Waals surface area contributed by atoms with Crippen molar-refractivity contribution in [3.05, 3.63) is 24.0 Å². The number of carbonyl (C=O) groups excluding carboxylic acids is 1. The van der Waals surface area contributed by atoms with Gasteiger partial charge in [-0.05, 0) is 102 Å². The molecule has 6 heteroatoms. The van der Waals surface area contributed by atoms with Crippen molar-refractivity contribution in [2.75, 3.05) is 32.1 Å². The number of carbonyl (C=O) groups is 1. The number of aromatic nitrogens is 1. The van der Waals surface area contributed by atoms with Crippen molar-refractivity contribution in [2.45, 2.75) is 44.9 Å². The van der Waals surface area contributed by atoms with E-state index in [1.54, 1.807) is 6.07 Å². The topological polar surface area (TPSA) is 36.4 Å². The van der Waals surface area contributed by atoms with Crippen LogP contribution in [0.3, 0.4) is 0 Å². The van der Waals surface area contributed by atoms with Gasteiger partial charge in [-0.3, -0.25) is 9.69 Å². The molecule has 0 aliphatic heterocycles. The molecule has 6 rings (SSSR count). The highest BCUT2D eigenvalue weighted by Crippen LogP contribution is 2.60. The van der Waals surface area contributed by atoms with Gasteiger partial charge in [0.2, 0.25) is 5.91 Å². The minimum absolute atomic E-state index is 0.185. The van der Waals surface area contributed by atoms with Crippen LogP contribution in [0.5, 0.6) is 0 Å². The number of thiazole rings is 1. The van der Waals surface area contributed by atoms with Crippen LogP contribution in [0.2, 0.25) is 0 Å². The van der Waals surface area contributed by atoms with Crippen LogP contribution in [-0.4, -0.2) is 43.0 Å². The summed E-state index contributed by atoms with van der Waals surface area (Å²) in [6.07, 6.45) is 8.06. The molecule has 1 heterocycles. The van der Waals surface area contributed by atoms with Crippen LogP contribution in [0.4, 0.5) is 9.52 Å². The maximum Gasteiger partial charge on any atom is 0.235 e. The van der Waals surface area contributed by atoms with Gasteiger partial charge in [-0.25, -0.2) is 9.37 Å². The fourth-order valence-corrected chi connectivity index (χ4v) is 7.50. The average molecular weight is 416 g/mol. The molecule has 0 spiro atoms. The summed E-state index contributed by atoms with van der Waals surface area (Å²) in [5.74, 6) is 2.24. The quantitative estimate of drug-likeness (QED) is 0.671. The molecular formula is C23H30FN3OS. The zero-order chi connectivity index (χ0) is 20.2. The molecule has 4 saturated carbocycles. The van der Waals surface area contributed by atoms with Crippen molar-refractivity contribution in [1.29, 1.82) is 0 Å². The lowest BCUT2D eigenvalue weighted by molar-refractivity contribution is -0.143. The summed E-state index contributed by atoms with van der Waals surface area (Å²) in [6.45, 7) is 1.62. The average Bonchev–Trinajstić information content (AvgIpc) is 3.06. The zero-order valence-corrected chi connectivity index (χ0v) is 18.2. The molecule has 1 aromatic heterocycles. The van der Waals surface area contributed by atoms with Gasteiger partial charge in [-0.2, -0.15) is 0 Å². The molecule has 156 valence electrons. The first kappa shape index (κ1) is 19.4. The second-order valence-electron chi connectivity index (χ2n) is 9.92. The number of anilines is 1. The number of hydrogen-bond acceptors (Lipinski definition) is 4. The van der Waals surface area contributed by atoms with E-state index < -0.39 is 0 Å². The Morgan fingerprint density at radius 1 is 1.14 bits per heavy atom. The molecule has 0 unspecified atom stereocenters. The van der Waals surface area contributed by atoms with Crippen LogP contribution in [0.1, 0.15) is 44.9 Å². The zero-order valence-electron chi connectivity index (χ0n) is 17.4. The van der Waals surface area contributed by atoms with E-state index in [0.29, 0.717) is 6.54 Å². The van der Waals surface area contributed by atoms with Crippen molar-refractivity contribution in [2.24, 2.45) is 23.2 Å². The van der Waals surface area contributed by atoms with E-state index in [-0.39, 0.29) is 17.1 Å². The van der Waals surface area contributed by atoms with Gasteiger partial charge in [-0.1, -0.05) is 11.3 Å². The first-order chi connectivity index (χ1) is 13.9. The van der Waals surface area contributed by atoms with Gasteiger partial charge in [0.15, 0.2) is 5.13 Å². The van der Waals surface area contributed by atoms with Crippen molar-refractivity contribution in [1.82, 2.24) is 9.88 Å². The Hall–Kier alpha value is -1.53. The first-order valence-corrected chi connectivity index (χ1v) is 11.8. The number of hydrogen-bond donors (Lipinski definition) is 0. The Balaban J connectivity index is 1.47. The summed E-state index contributed by atoms with van der Waals surface area (Å²) in [5.41, 5.74) is 0.595. The third-order valence-corrected chi connectivity index (χ3v) is 8.34. The Morgan fingerprint density at radius 2 is 1.79 bits per heavy atom. The molecule has 0 atom stereocenters. The van der Waals surface area contributed by atoms with Gasteiger partial charge in [0, 0.05) is 6.54 Å². The Bertz CT molecular complexity index is 889. The minimum atomic E-state index is -0.251. The number of amides is 1. The maximum absolute atomic E-state index is 14.0. The van der Waals surface area contributed by atoms with Crippen LogP contribution in [0, 0.1) is 29.0 Å². The first-order valence-electron chi connectivity index (χ1n) is 10.9. The second kappa shape index (κ2) is 7.31. The predicted octanol–water partition coefficient (Wildman–Crippen LogP) is 4.94. The van der Waals surface area contributed by atoms with Crippen LogP contribution in [-0.2, 0) is 4.79 Å². The maximum atomic E-state index is 14.0. The largest absolute Gasteiger partial charge is 0.309 e. The summed E-state index contributed by atoms with van der Waals surface area (Å²) >= 11 is 1.45. The Morgan fingerprint density at radius 3 is 2.41 bits per heavy atom. The molecule has 0 radical (unpaired) electrons. The van der Waals surface area contributed by atoms with E-state index in [2.05, 4.69) is 19.0 Å². The van der Waals surface area contributed by atoms with Crippen molar-refractivity contribution < 1.29 is 9.18 Å². The molecule has 4 aliphatic rings. The Kier molecular flexibility index (Phi) is 4.90. The normalized spacial score (nSPS) is 30.4. The molecule has 4 aliphatic carbocycles. The number of rotatable bonds is 6. The lowest BCUT2D eigenvalue weighted by Crippen LogP contribution is -2.55. The predicted molar refractivity (Wildman–Crippen MR) is 116 cm³/mol. The number of benzene rings is 1. The number of halogens is 1. The fraction of sp³-hybridized carbons (Fsp3) is 0.652. The molecule has 4 fully saturated rings. The minimum Gasteiger partial charge on any atom is -0.309 e. The SMILES string of the molecule is CN(C)CCCN(C(=O)C12CC3CC(CC(C3)C1)C2)c1nc2ccc(F)cc2s1. The molecule has 4 nitrogen and oxygen atoms in total. The molecule has 1 amide bonds. The van der Waals surface area contributed by atoms with E-state index >= 15 is 0 Å². The molecule has 1 aromatic carbocycles. The van der Waals surface area contributed by atoms with Crippen LogP contribution in [0.15, 0.2) is 18.2 Å². The molecule has 2 aromatic rings. The summed E-state index contributed by atoms with van der Waals surface area (Å²) in [5, 5.41) is 0.741. The molecule has 0 saturated heterocycles. The highest BCUT2D eigenvalue weighted by atomic mass is 32.1. The molecule has 0 N–H and O–H groups in total. The van der Waals surface area contributed by atoms with Gasteiger partial charge < -0.3 is 4.90 Å². The van der Waals surface area contributed by atoms with Crippen molar-refractivity contribution in [3.8, 4) is 0 Å². The van der Waals surface area contributed by atoms with E-state index in [0.717, 1.165) is 65.3 Å². The monoisotopic (exact) mass is 415 g/mol. The Labute approximate surface area is 176 Å². The number of nitrogens with zero attached hydrogens (tertiary/aromatic N) is 3. The van der Waals surface area contributed by atoms with Crippen molar-refractivity contribution in [3.63, 3.8) is 0 Å². The molecular weight excluding hydrogens is 385 g/mol. The van der Waals surface area contributed by atoms with E-state index in [4.69, 9.17) is 4.98 Å². The highest BCUT2D eigenvalue weighted by Gasteiger charge is 2.55. The van der Waals surface area contributed by atoms with Gasteiger partial charge in [0.25, 0.3) is 0 Å². The van der Waals surface area contributed by atoms with Gasteiger partial charge in [0.1, 0.15) is 5.82 Å². The molecule has 29 heavy (non-hydrogen) atoms. The number of fused-ring (bicyclic) bond motifs is 1. The third-order valence-electron chi connectivity index (χ3n) is 7.29. The summed E-state index contributed by atoms with van der Waals surface area (Å²) in [6, 6.07) is 4.70. The van der Waals surface area contributed by atoms with Gasteiger partial charge in [-0.15, -0.1) is 0 Å². The van der Waals surface area contributed by atoms with E-state index in [1.807, 2.05) is 4.90 Å². The van der Waals surface area contributed by atoms with Crippen LogP contribution in [0.25, 0.3) is 10.2 Å². The highest BCUT2D eigenvalue weighted by molar-refractivity contribution is 7.22. The standard InChI is InChI=1S/C23H30FN3OS/c1-26(2)6-3-7-27(22-25-19-5-4-18(24)11-20(19)29-22)21(28)23-12-15-8-16(13-23)10-17(9-15)14-23/h4-5,11,15-17H,3,6-10,12-14H2,1-2H3. The van der Waals surface area contributed by atoms with Crippen molar-refractivity contribution >= 4 is 32.6 Å². The summed E-state index contributed by atoms with van der Waals surface area (Å²) in [7, 11) is 4.12. The smallest absolute Gasteiger partial charge is 0.235 e. The van der Waals surface area contributed by atoms with Gasteiger partial charge in [0.05, 0.1) is 15.6 Å². The summed E-state index contributed by atoms with van der Waals surface area (Å²) in [4.78, 5) is 22.9. The second-order valence-corrected chi connectivity index (χ2v) is 10.9. The summed E-state index contributed by atoms with van der Waals surface area (Å²) < 4.78 is 14.5.